The van der Waals surface area contributed by atoms with Crippen LogP contribution in [-0.2, 0) is 0 Å². The van der Waals surface area contributed by atoms with Crippen LogP contribution in [0.1, 0.15) is 0 Å². The highest BCUT2D eigenvalue weighted by Gasteiger charge is 1.91. The SMILES string of the molecule is Oc1coc(O)c1. The molecular formula is C4H4O3. The Morgan fingerprint density at radius 1 is 1.43 bits per heavy atom. The predicted molar refractivity (Wildman–Crippen MR) is 22.0 cm³/mol. The van der Waals surface area contributed by atoms with Crippen molar-refractivity contribution in [3.05, 3.63) is 12.3 Å². The Hall–Kier alpha value is -1.12. The van der Waals surface area contributed by atoms with Gasteiger partial charge in [0.15, 0.2) is 5.75 Å². The molecule has 3 heteroatoms. The molecule has 38 valence electrons. The number of furan rings is 1. The molecule has 1 heterocycles. The Labute approximate surface area is 39.8 Å². The lowest BCUT2D eigenvalue weighted by Gasteiger charge is -1.69. The maximum absolute atomic E-state index is 8.40. The molecule has 0 radical (unpaired) electrons. The minimum absolute atomic E-state index is 0.0579. The quantitative estimate of drug-likeness (QED) is 0.504. The lowest BCUT2D eigenvalue weighted by atomic mass is 10.6. The third-order valence-electron chi connectivity index (χ3n) is 0.572. The molecule has 7 heavy (non-hydrogen) atoms. The van der Waals surface area contributed by atoms with Crippen molar-refractivity contribution in [3.8, 4) is 11.7 Å². The monoisotopic (exact) mass is 100 g/mol. The third kappa shape index (κ3) is 0.652. The predicted octanol–water partition coefficient (Wildman–Crippen LogP) is 0.691. The van der Waals surface area contributed by atoms with Gasteiger partial charge in [-0.05, 0) is 0 Å². The van der Waals surface area contributed by atoms with Crippen molar-refractivity contribution in [1.29, 1.82) is 0 Å². The molecule has 0 fully saturated rings. The van der Waals surface area contributed by atoms with Gasteiger partial charge in [-0.1, -0.05) is 0 Å². The van der Waals surface area contributed by atoms with E-state index in [0.29, 0.717) is 0 Å². The second-order valence-corrected chi connectivity index (χ2v) is 1.14. The van der Waals surface area contributed by atoms with Crippen LogP contribution in [0.25, 0.3) is 0 Å². The lowest BCUT2D eigenvalue weighted by Crippen LogP contribution is -1.44. The first-order valence-corrected chi connectivity index (χ1v) is 1.75. The Balaban J connectivity index is 3.04. The normalized spacial score (nSPS) is 9.14. The first-order chi connectivity index (χ1) is 3.29. The summed E-state index contributed by atoms with van der Waals surface area (Å²) in [6.07, 6.45) is 1.05. The summed E-state index contributed by atoms with van der Waals surface area (Å²) in [6, 6.07) is 1.11. The summed E-state index contributed by atoms with van der Waals surface area (Å²) in [7, 11) is 0. The van der Waals surface area contributed by atoms with Crippen LogP contribution in [0.5, 0.6) is 11.7 Å². The van der Waals surface area contributed by atoms with Gasteiger partial charge < -0.3 is 14.6 Å². The van der Waals surface area contributed by atoms with Crippen molar-refractivity contribution in [1.82, 2.24) is 0 Å². The van der Waals surface area contributed by atoms with Gasteiger partial charge in [-0.15, -0.1) is 0 Å². The molecule has 0 aliphatic carbocycles. The molecule has 2 N–H and O–H groups in total. The number of rotatable bonds is 0. The van der Waals surface area contributed by atoms with E-state index in [1.165, 1.54) is 0 Å². The summed E-state index contributed by atoms with van der Waals surface area (Å²) < 4.78 is 4.27. The van der Waals surface area contributed by atoms with Gasteiger partial charge in [-0.25, -0.2) is 0 Å². The van der Waals surface area contributed by atoms with E-state index in [0.717, 1.165) is 12.3 Å². The fourth-order valence-electron chi connectivity index (χ4n) is 0.315. The van der Waals surface area contributed by atoms with Crippen molar-refractivity contribution in [2.24, 2.45) is 0 Å². The zero-order chi connectivity index (χ0) is 5.28. The summed E-state index contributed by atoms with van der Waals surface area (Å²) in [4.78, 5) is 0. The van der Waals surface area contributed by atoms with Crippen LogP contribution < -0.4 is 0 Å². The fraction of sp³-hybridized carbons (Fsp3) is 0. The lowest BCUT2D eigenvalue weighted by molar-refractivity contribution is 0.331. The maximum Gasteiger partial charge on any atom is 0.285 e. The molecule has 0 amide bonds. The van der Waals surface area contributed by atoms with Gasteiger partial charge in [0.2, 0.25) is 0 Å². The highest BCUT2D eigenvalue weighted by Crippen LogP contribution is 2.17. The van der Waals surface area contributed by atoms with E-state index in [4.69, 9.17) is 10.2 Å². The molecule has 1 aromatic rings. The topological polar surface area (TPSA) is 53.6 Å². The summed E-state index contributed by atoms with van der Waals surface area (Å²) >= 11 is 0. The zero-order valence-electron chi connectivity index (χ0n) is 3.46. The molecule has 0 aliphatic heterocycles. The summed E-state index contributed by atoms with van der Waals surface area (Å²) in [5.41, 5.74) is 0. The van der Waals surface area contributed by atoms with Crippen LogP contribution in [0.2, 0.25) is 0 Å². The maximum atomic E-state index is 8.40. The first-order valence-electron chi connectivity index (χ1n) is 1.75. The number of hydrogen-bond acceptors (Lipinski definition) is 3. The largest absolute Gasteiger partial charge is 0.505 e. The third-order valence-corrected chi connectivity index (χ3v) is 0.572. The Morgan fingerprint density at radius 2 is 2.14 bits per heavy atom. The average molecular weight is 100 g/mol. The van der Waals surface area contributed by atoms with Crippen molar-refractivity contribution in [2.75, 3.05) is 0 Å². The van der Waals surface area contributed by atoms with Crippen molar-refractivity contribution in [3.63, 3.8) is 0 Å². The molecular weight excluding hydrogens is 96.0 g/mol. The van der Waals surface area contributed by atoms with Gasteiger partial charge in [-0.3, -0.25) is 0 Å². The molecule has 1 rings (SSSR count). The summed E-state index contributed by atoms with van der Waals surface area (Å²) in [5.74, 6) is -0.324. The van der Waals surface area contributed by atoms with E-state index in [9.17, 15) is 0 Å². The van der Waals surface area contributed by atoms with Gasteiger partial charge in [0.05, 0.1) is 6.07 Å². The molecule has 0 saturated carbocycles. The number of aromatic hydroxyl groups is 2. The first kappa shape index (κ1) is 4.05. The number of hydrogen-bond donors (Lipinski definition) is 2. The van der Waals surface area contributed by atoms with Crippen LogP contribution in [0.3, 0.4) is 0 Å². The van der Waals surface area contributed by atoms with Gasteiger partial charge in [0.1, 0.15) is 6.26 Å². The molecule has 0 bridgehead atoms. The Morgan fingerprint density at radius 3 is 2.29 bits per heavy atom. The van der Waals surface area contributed by atoms with E-state index >= 15 is 0 Å². The van der Waals surface area contributed by atoms with Crippen molar-refractivity contribution >= 4 is 0 Å². The van der Waals surface area contributed by atoms with Gasteiger partial charge in [-0.2, -0.15) is 0 Å². The highest BCUT2D eigenvalue weighted by atomic mass is 16.5. The van der Waals surface area contributed by atoms with E-state index in [2.05, 4.69) is 4.42 Å². The minimum atomic E-state index is -0.266. The fourth-order valence-corrected chi connectivity index (χ4v) is 0.315. The smallest absolute Gasteiger partial charge is 0.285 e. The standard InChI is InChI=1S/C4H4O3/c5-3-1-4(6)7-2-3/h1-2,5-6H. The van der Waals surface area contributed by atoms with Gasteiger partial charge in [0.25, 0.3) is 5.95 Å². The minimum Gasteiger partial charge on any atom is -0.505 e. The molecule has 3 nitrogen and oxygen atoms in total. The van der Waals surface area contributed by atoms with Crippen molar-refractivity contribution < 1.29 is 14.6 Å². The Kier molecular flexibility index (Phi) is 0.685. The average Bonchev–Trinajstić information content (AvgIpc) is 1.87. The van der Waals surface area contributed by atoms with Crippen LogP contribution in [0.4, 0.5) is 0 Å². The molecule has 0 spiro atoms. The molecule has 0 atom stereocenters. The van der Waals surface area contributed by atoms with Crippen LogP contribution in [0, 0.1) is 0 Å². The summed E-state index contributed by atoms with van der Waals surface area (Å²) in [6.45, 7) is 0. The van der Waals surface area contributed by atoms with Gasteiger partial charge >= 0.3 is 0 Å². The molecule has 0 aliphatic rings. The van der Waals surface area contributed by atoms with Gasteiger partial charge in [0, 0.05) is 0 Å². The molecule has 0 unspecified atom stereocenters. The second-order valence-electron chi connectivity index (χ2n) is 1.14. The van der Waals surface area contributed by atoms with Crippen LogP contribution in [0.15, 0.2) is 16.7 Å². The Bertz CT molecular complexity index is 139. The summed E-state index contributed by atoms with van der Waals surface area (Å²) in [5, 5.41) is 16.7. The second kappa shape index (κ2) is 1.18. The highest BCUT2D eigenvalue weighted by molar-refractivity contribution is 5.19. The molecule has 0 saturated heterocycles. The molecule has 0 aromatic carbocycles. The van der Waals surface area contributed by atoms with Crippen LogP contribution >= 0.6 is 0 Å². The van der Waals surface area contributed by atoms with Crippen LogP contribution in [-0.4, -0.2) is 10.2 Å². The van der Waals surface area contributed by atoms with E-state index < -0.39 is 0 Å². The molecule has 1 aromatic heterocycles. The van der Waals surface area contributed by atoms with Crippen molar-refractivity contribution in [2.45, 2.75) is 0 Å². The van der Waals surface area contributed by atoms with E-state index in [1.807, 2.05) is 0 Å². The zero-order valence-corrected chi connectivity index (χ0v) is 3.46. The van der Waals surface area contributed by atoms with E-state index in [-0.39, 0.29) is 11.7 Å². The van der Waals surface area contributed by atoms with E-state index in [1.54, 1.807) is 0 Å².